The number of ether oxygens (including phenoxy) is 2. The van der Waals surface area contributed by atoms with Gasteiger partial charge in [-0.15, -0.1) is 0 Å². The van der Waals surface area contributed by atoms with E-state index in [0.717, 1.165) is 14.5 Å². The average molecular weight is 437 g/mol. The fourth-order valence-electron chi connectivity index (χ4n) is 1.94. The maximum Gasteiger partial charge on any atom is 0.161 e. The SMILES string of the molecule is COc1cc(Br)c(C(O)c2ccc(Cl)c(Br)c2)cc1OC. The zero-order chi connectivity index (χ0) is 15.6. The van der Waals surface area contributed by atoms with Crippen LogP contribution in [0.1, 0.15) is 17.2 Å². The van der Waals surface area contributed by atoms with Gasteiger partial charge in [-0.3, -0.25) is 0 Å². The molecular weight excluding hydrogens is 423 g/mol. The van der Waals surface area contributed by atoms with Gasteiger partial charge in [0.25, 0.3) is 0 Å². The summed E-state index contributed by atoms with van der Waals surface area (Å²) in [5, 5.41) is 11.2. The smallest absolute Gasteiger partial charge is 0.161 e. The zero-order valence-electron chi connectivity index (χ0n) is 11.4. The summed E-state index contributed by atoms with van der Waals surface area (Å²) in [6, 6.07) is 8.81. The molecule has 1 unspecified atom stereocenters. The van der Waals surface area contributed by atoms with Crippen molar-refractivity contribution in [3.8, 4) is 11.5 Å². The van der Waals surface area contributed by atoms with Crippen molar-refractivity contribution in [1.82, 2.24) is 0 Å². The molecule has 0 spiro atoms. The van der Waals surface area contributed by atoms with E-state index in [2.05, 4.69) is 31.9 Å². The Bertz CT molecular complexity index is 662. The number of aliphatic hydroxyl groups excluding tert-OH is 1. The van der Waals surface area contributed by atoms with Crippen LogP contribution >= 0.6 is 43.5 Å². The van der Waals surface area contributed by atoms with E-state index in [-0.39, 0.29) is 0 Å². The van der Waals surface area contributed by atoms with Gasteiger partial charge < -0.3 is 14.6 Å². The molecule has 0 bridgehead atoms. The summed E-state index contributed by atoms with van der Waals surface area (Å²) in [5.41, 5.74) is 1.40. The number of aliphatic hydroxyl groups is 1. The van der Waals surface area contributed by atoms with Crippen LogP contribution in [0.2, 0.25) is 5.02 Å². The molecule has 0 saturated heterocycles. The van der Waals surface area contributed by atoms with Gasteiger partial charge in [0, 0.05) is 14.5 Å². The Morgan fingerprint density at radius 1 is 1.00 bits per heavy atom. The summed E-state index contributed by atoms with van der Waals surface area (Å²) in [6.45, 7) is 0. The summed E-state index contributed by atoms with van der Waals surface area (Å²) >= 11 is 12.8. The van der Waals surface area contributed by atoms with E-state index in [1.807, 2.05) is 0 Å². The van der Waals surface area contributed by atoms with Gasteiger partial charge in [-0.25, -0.2) is 0 Å². The van der Waals surface area contributed by atoms with Gasteiger partial charge in [0.1, 0.15) is 6.10 Å². The molecular formula is C15H13Br2ClO3. The molecule has 6 heteroatoms. The molecule has 0 radical (unpaired) electrons. The maximum absolute atomic E-state index is 10.6. The molecule has 2 rings (SSSR count). The van der Waals surface area contributed by atoms with Crippen molar-refractivity contribution in [3.63, 3.8) is 0 Å². The van der Waals surface area contributed by atoms with Crippen LogP contribution in [0, 0.1) is 0 Å². The minimum atomic E-state index is -0.812. The van der Waals surface area contributed by atoms with Crippen molar-refractivity contribution in [2.75, 3.05) is 14.2 Å². The predicted molar refractivity (Wildman–Crippen MR) is 90.5 cm³/mol. The number of hydrogen-bond acceptors (Lipinski definition) is 3. The van der Waals surface area contributed by atoms with Gasteiger partial charge in [-0.1, -0.05) is 33.6 Å². The normalized spacial score (nSPS) is 12.1. The number of rotatable bonds is 4. The Labute approximate surface area is 145 Å². The second-order valence-corrected chi connectivity index (χ2v) is 6.42. The van der Waals surface area contributed by atoms with Crippen LogP contribution in [-0.4, -0.2) is 19.3 Å². The van der Waals surface area contributed by atoms with E-state index in [1.165, 1.54) is 0 Å². The minimum absolute atomic E-state index is 0.558. The highest BCUT2D eigenvalue weighted by Crippen LogP contribution is 2.38. The average Bonchev–Trinajstić information content (AvgIpc) is 2.49. The molecule has 112 valence electrons. The van der Waals surface area contributed by atoms with Crippen molar-refractivity contribution in [3.05, 3.63) is 55.4 Å². The number of hydrogen-bond donors (Lipinski definition) is 1. The van der Waals surface area contributed by atoms with E-state index in [1.54, 1.807) is 44.6 Å². The number of halogens is 3. The fourth-order valence-corrected chi connectivity index (χ4v) is 2.99. The van der Waals surface area contributed by atoms with Crippen LogP contribution in [0.3, 0.4) is 0 Å². The Morgan fingerprint density at radius 3 is 2.19 bits per heavy atom. The fraction of sp³-hybridized carbons (Fsp3) is 0.200. The molecule has 2 aromatic carbocycles. The molecule has 2 aromatic rings. The molecule has 0 amide bonds. The van der Waals surface area contributed by atoms with E-state index in [0.29, 0.717) is 22.1 Å². The Morgan fingerprint density at radius 2 is 1.62 bits per heavy atom. The van der Waals surface area contributed by atoms with E-state index in [4.69, 9.17) is 21.1 Å². The largest absolute Gasteiger partial charge is 0.493 e. The molecule has 0 aromatic heterocycles. The first-order valence-corrected chi connectivity index (χ1v) is 7.98. The summed E-state index contributed by atoms with van der Waals surface area (Å²) in [7, 11) is 3.12. The van der Waals surface area contributed by atoms with Gasteiger partial charge in [0.05, 0.1) is 19.2 Å². The van der Waals surface area contributed by atoms with E-state index in [9.17, 15) is 5.11 Å². The van der Waals surface area contributed by atoms with Gasteiger partial charge in [0.2, 0.25) is 0 Å². The Hall–Kier alpha value is -0.750. The first kappa shape index (κ1) is 16.6. The third-order valence-electron chi connectivity index (χ3n) is 3.06. The molecule has 0 saturated carbocycles. The van der Waals surface area contributed by atoms with Crippen molar-refractivity contribution in [2.24, 2.45) is 0 Å². The molecule has 0 aliphatic carbocycles. The molecule has 0 fully saturated rings. The van der Waals surface area contributed by atoms with Gasteiger partial charge in [0.15, 0.2) is 11.5 Å². The Kier molecular flexibility index (Phi) is 5.54. The topological polar surface area (TPSA) is 38.7 Å². The van der Waals surface area contributed by atoms with Crippen molar-refractivity contribution in [1.29, 1.82) is 0 Å². The second-order valence-electron chi connectivity index (χ2n) is 4.30. The molecule has 3 nitrogen and oxygen atoms in total. The van der Waals surface area contributed by atoms with Gasteiger partial charge >= 0.3 is 0 Å². The van der Waals surface area contributed by atoms with Gasteiger partial charge in [-0.2, -0.15) is 0 Å². The molecule has 0 heterocycles. The first-order valence-electron chi connectivity index (χ1n) is 6.02. The summed E-state index contributed by atoms with van der Waals surface area (Å²) < 4.78 is 12.0. The molecule has 0 aliphatic rings. The van der Waals surface area contributed by atoms with Crippen LogP contribution in [0.5, 0.6) is 11.5 Å². The number of benzene rings is 2. The first-order chi connectivity index (χ1) is 9.97. The summed E-state index contributed by atoms with van der Waals surface area (Å²) in [4.78, 5) is 0. The number of methoxy groups -OCH3 is 2. The van der Waals surface area contributed by atoms with Crippen molar-refractivity contribution >= 4 is 43.5 Å². The molecule has 1 atom stereocenters. The van der Waals surface area contributed by atoms with E-state index < -0.39 is 6.10 Å². The standard InChI is InChI=1S/C15H13Br2ClO3/c1-20-13-6-9(10(16)7-14(13)21-2)15(19)8-3-4-12(18)11(17)5-8/h3-7,15,19H,1-2H3. The monoisotopic (exact) mass is 434 g/mol. The quantitative estimate of drug-likeness (QED) is 0.736. The van der Waals surface area contributed by atoms with Crippen LogP contribution in [0.15, 0.2) is 39.3 Å². The highest BCUT2D eigenvalue weighted by Gasteiger charge is 2.18. The minimum Gasteiger partial charge on any atom is -0.493 e. The molecule has 1 N–H and O–H groups in total. The van der Waals surface area contributed by atoms with Crippen LogP contribution < -0.4 is 9.47 Å². The zero-order valence-corrected chi connectivity index (χ0v) is 15.3. The highest BCUT2D eigenvalue weighted by atomic mass is 79.9. The summed E-state index contributed by atoms with van der Waals surface area (Å²) in [6.07, 6.45) is -0.812. The van der Waals surface area contributed by atoms with Gasteiger partial charge in [-0.05, 0) is 45.8 Å². The highest BCUT2D eigenvalue weighted by molar-refractivity contribution is 9.10. The maximum atomic E-state index is 10.6. The lowest BCUT2D eigenvalue weighted by Gasteiger charge is -2.17. The lowest BCUT2D eigenvalue weighted by atomic mass is 10.0. The molecule has 0 aliphatic heterocycles. The van der Waals surface area contributed by atoms with Crippen LogP contribution in [0.25, 0.3) is 0 Å². The lowest BCUT2D eigenvalue weighted by Crippen LogP contribution is -2.02. The predicted octanol–water partition coefficient (Wildman–Crippen LogP) is 4.96. The second kappa shape index (κ2) is 7.01. The third-order valence-corrected chi connectivity index (χ3v) is 4.96. The Balaban J connectivity index is 2.47. The van der Waals surface area contributed by atoms with Crippen LogP contribution in [0.4, 0.5) is 0 Å². The molecule has 21 heavy (non-hydrogen) atoms. The van der Waals surface area contributed by atoms with E-state index >= 15 is 0 Å². The third kappa shape index (κ3) is 3.54. The lowest BCUT2D eigenvalue weighted by molar-refractivity contribution is 0.218. The summed E-state index contributed by atoms with van der Waals surface area (Å²) in [5.74, 6) is 1.15. The van der Waals surface area contributed by atoms with Crippen LogP contribution in [-0.2, 0) is 0 Å². The van der Waals surface area contributed by atoms with Crippen molar-refractivity contribution < 1.29 is 14.6 Å². The van der Waals surface area contributed by atoms with Crippen molar-refractivity contribution in [2.45, 2.75) is 6.10 Å².